The number of anilines is 2. The molecule has 33 heavy (non-hydrogen) atoms. The summed E-state index contributed by atoms with van der Waals surface area (Å²) in [5.41, 5.74) is 3.14. The van der Waals surface area contributed by atoms with E-state index in [1.54, 1.807) is 35.8 Å². The van der Waals surface area contributed by atoms with Crippen LogP contribution in [0.2, 0.25) is 0 Å². The first-order chi connectivity index (χ1) is 14.8. The van der Waals surface area contributed by atoms with E-state index < -0.39 is 12.1 Å². The highest BCUT2D eigenvalue weighted by Crippen LogP contribution is 2.32. The largest absolute Gasteiger partial charge is 0.391 e. The normalized spacial score (nSPS) is 15.7. The quantitative estimate of drug-likeness (QED) is 0.591. The maximum absolute atomic E-state index is 13.4. The summed E-state index contributed by atoms with van der Waals surface area (Å²) in [6, 6.07) is 5.78. The summed E-state index contributed by atoms with van der Waals surface area (Å²) in [5.74, 6) is 0.732. The van der Waals surface area contributed by atoms with Crippen LogP contribution in [-0.2, 0) is 24.2 Å². The van der Waals surface area contributed by atoms with Crippen LogP contribution in [0.25, 0.3) is 0 Å². The molecule has 1 aliphatic rings. The third-order valence-electron chi connectivity index (χ3n) is 5.40. The molecule has 1 amide bonds. The number of hydrogen-bond donors (Lipinski definition) is 2. The second-order valence-electron chi connectivity index (χ2n) is 7.89. The lowest BCUT2D eigenvalue weighted by molar-refractivity contribution is -0.119. The zero-order valence-electron chi connectivity index (χ0n) is 17.7. The summed E-state index contributed by atoms with van der Waals surface area (Å²) in [4.78, 5) is 23.2. The summed E-state index contributed by atoms with van der Waals surface area (Å²) >= 11 is 0. The number of nitrogens with one attached hydrogen (secondary N) is 1. The number of aromatic nitrogens is 4. The smallest absolute Gasteiger partial charge is 0.249 e. The van der Waals surface area contributed by atoms with Crippen molar-refractivity contribution in [2.24, 2.45) is 0 Å². The fraction of sp³-hybridized carbons (Fsp3) is 0.417. The Labute approximate surface area is 194 Å². The maximum Gasteiger partial charge on any atom is 0.249 e. The fourth-order valence-corrected chi connectivity index (χ4v) is 3.88. The van der Waals surface area contributed by atoms with E-state index in [9.17, 15) is 14.3 Å². The van der Waals surface area contributed by atoms with E-state index in [1.807, 2.05) is 19.2 Å². The highest BCUT2D eigenvalue weighted by Gasteiger charge is 2.36. The first kappa shape index (κ1) is 25.9. The van der Waals surface area contributed by atoms with Gasteiger partial charge >= 0.3 is 0 Å². The molecule has 1 aromatic carbocycles. The van der Waals surface area contributed by atoms with Crippen LogP contribution in [0.15, 0.2) is 36.7 Å². The molecule has 3 aromatic rings. The number of nitrogens with zero attached hydrogens (tertiary/aromatic N) is 5. The molecule has 0 fully saturated rings. The molecule has 8 nitrogen and oxygen atoms in total. The van der Waals surface area contributed by atoms with Crippen LogP contribution < -0.4 is 10.2 Å². The molecule has 2 atom stereocenters. The Morgan fingerprint density at radius 3 is 2.67 bits per heavy atom. The predicted molar refractivity (Wildman–Crippen MR) is 128 cm³/mol. The van der Waals surface area contributed by atoms with Gasteiger partial charge in [0.15, 0.2) is 5.82 Å². The lowest BCUT2D eigenvalue weighted by Gasteiger charge is -2.36. The van der Waals surface area contributed by atoms with E-state index >= 15 is 0 Å². The minimum atomic E-state index is -0.833. The van der Waals surface area contributed by atoms with Crippen molar-refractivity contribution in [2.75, 3.05) is 17.3 Å². The number of rotatable bonds is 6. The zero-order chi connectivity index (χ0) is 22.1. The summed E-state index contributed by atoms with van der Waals surface area (Å²) in [6.45, 7) is 3.91. The Balaban J connectivity index is 0.00000193. The van der Waals surface area contributed by atoms with Gasteiger partial charge in [-0.25, -0.2) is 14.4 Å². The second kappa shape index (κ2) is 10.5. The summed E-state index contributed by atoms with van der Waals surface area (Å²) in [5, 5.41) is 17.2. The van der Waals surface area contributed by atoms with Gasteiger partial charge in [-0.15, -0.1) is 0 Å². The van der Waals surface area contributed by atoms with E-state index in [0.29, 0.717) is 42.4 Å². The second-order valence-corrected chi connectivity index (χ2v) is 7.89. The van der Waals surface area contributed by atoms with Gasteiger partial charge in [-0.1, -0.05) is 27.0 Å². The Kier molecular flexibility index (Phi) is 8.27. The number of aliphatic hydroxyl groups excluding tert-OH is 1. The molecule has 1 aliphatic heterocycles. The molecule has 3 heterocycles. The van der Waals surface area contributed by atoms with Crippen LogP contribution in [0.4, 0.5) is 15.9 Å². The van der Waals surface area contributed by atoms with E-state index in [1.165, 1.54) is 12.1 Å². The molecule has 0 saturated carbocycles. The van der Waals surface area contributed by atoms with Gasteiger partial charge in [0.05, 0.1) is 24.5 Å². The molecule has 0 aliphatic carbocycles. The fourth-order valence-electron chi connectivity index (χ4n) is 3.88. The highest BCUT2D eigenvalue weighted by molar-refractivity contribution is 6.03. The van der Waals surface area contributed by atoms with Crippen molar-refractivity contribution in [2.45, 2.75) is 60.2 Å². The number of fused-ring (bicyclic) bond motifs is 1. The first-order valence-corrected chi connectivity index (χ1v) is 10.2. The van der Waals surface area contributed by atoms with Crippen molar-refractivity contribution in [3.05, 3.63) is 65.1 Å². The van der Waals surface area contributed by atoms with Gasteiger partial charge in [0.1, 0.15) is 23.4 Å². The van der Waals surface area contributed by atoms with E-state index in [2.05, 4.69) is 20.4 Å². The maximum atomic E-state index is 13.4. The molecule has 0 unspecified atom stereocenters. The Bertz CT molecular complexity index is 1110. The number of aliphatic hydroxyl groups is 1. The first-order valence-electron chi connectivity index (χ1n) is 10.2. The number of benzene rings is 1. The zero-order valence-corrected chi connectivity index (χ0v) is 17.7. The molecule has 4 rings (SSSR count). The van der Waals surface area contributed by atoms with Crippen LogP contribution in [0, 0.1) is 12.7 Å². The number of halogens is 1. The van der Waals surface area contributed by atoms with Gasteiger partial charge in [0.2, 0.25) is 5.91 Å². The van der Waals surface area contributed by atoms with E-state index in [4.69, 9.17) is 0 Å². The van der Waals surface area contributed by atoms with Crippen molar-refractivity contribution >= 4 is 17.4 Å². The Morgan fingerprint density at radius 2 is 1.97 bits per heavy atom. The van der Waals surface area contributed by atoms with Crippen LogP contribution >= 0.6 is 0 Å². The predicted octanol–water partition coefficient (Wildman–Crippen LogP) is 3.36. The standard InChI is InChI=1S/C22H25FN6O2.2CH4/c1-13-19-21(28(3)20(14(2)30)22(31)27-19)26-18(25-13)8-7-16-10-24-29(12-16)11-15-5-4-6-17(23)9-15;;/h4-6,9-10,12,14,20,30H,7-8,11H2,1-3H3,(H,27,31);2*1H4/t14-,20+;;/m1../s1. The molecule has 0 spiro atoms. The van der Waals surface area contributed by atoms with Gasteiger partial charge in [0.25, 0.3) is 0 Å². The van der Waals surface area contributed by atoms with Crippen LogP contribution in [0.5, 0.6) is 0 Å². The molecule has 0 saturated heterocycles. The van der Waals surface area contributed by atoms with Gasteiger partial charge in [-0.05, 0) is 43.5 Å². The van der Waals surface area contributed by atoms with Crippen LogP contribution in [-0.4, -0.2) is 50.0 Å². The Morgan fingerprint density at radius 1 is 1.21 bits per heavy atom. The number of carbonyl (C=O) groups excluding carboxylic acids is 1. The monoisotopic (exact) mass is 456 g/mol. The van der Waals surface area contributed by atoms with Gasteiger partial charge in [0, 0.05) is 19.7 Å². The average Bonchev–Trinajstić information content (AvgIpc) is 3.14. The number of carbonyl (C=O) groups is 1. The van der Waals surface area contributed by atoms with Gasteiger partial charge in [-0.3, -0.25) is 9.48 Å². The number of hydrogen-bond acceptors (Lipinski definition) is 6. The van der Waals surface area contributed by atoms with Crippen LogP contribution in [0.1, 0.15) is 44.4 Å². The van der Waals surface area contributed by atoms with E-state index in [0.717, 1.165) is 11.1 Å². The molecule has 178 valence electrons. The minimum absolute atomic E-state index is 0. The van der Waals surface area contributed by atoms with Crippen molar-refractivity contribution in [3.8, 4) is 0 Å². The number of likely N-dealkylation sites (N-methyl/N-ethyl adjacent to an activating group) is 1. The molecular weight excluding hydrogens is 423 g/mol. The molecule has 0 bridgehead atoms. The SMILES string of the molecule is C.C.Cc1nc(CCc2cnn(Cc3cccc(F)c3)c2)nc2c1NC(=O)[C@H]([C@@H](C)O)N2C. The minimum Gasteiger partial charge on any atom is -0.391 e. The average molecular weight is 457 g/mol. The highest BCUT2D eigenvalue weighted by atomic mass is 19.1. The lowest BCUT2D eigenvalue weighted by Crippen LogP contribution is -2.52. The lowest BCUT2D eigenvalue weighted by atomic mass is 10.1. The van der Waals surface area contributed by atoms with Gasteiger partial charge in [-0.2, -0.15) is 5.10 Å². The van der Waals surface area contributed by atoms with Crippen molar-refractivity contribution in [3.63, 3.8) is 0 Å². The van der Waals surface area contributed by atoms with Crippen molar-refractivity contribution in [1.29, 1.82) is 0 Å². The number of amides is 1. The third kappa shape index (κ3) is 5.54. The molecule has 0 radical (unpaired) electrons. The summed E-state index contributed by atoms with van der Waals surface area (Å²) in [6.07, 6.45) is 4.19. The topological polar surface area (TPSA) is 96.2 Å². The molecule has 2 aromatic heterocycles. The molecule has 9 heteroatoms. The summed E-state index contributed by atoms with van der Waals surface area (Å²) < 4.78 is 15.1. The van der Waals surface area contributed by atoms with E-state index in [-0.39, 0.29) is 26.6 Å². The van der Waals surface area contributed by atoms with Crippen molar-refractivity contribution < 1.29 is 14.3 Å². The van der Waals surface area contributed by atoms with Gasteiger partial charge < -0.3 is 15.3 Å². The molecule has 2 N–H and O–H groups in total. The number of aryl methyl sites for hydroxylation is 3. The summed E-state index contributed by atoms with van der Waals surface area (Å²) in [7, 11) is 1.75. The van der Waals surface area contributed by atoms with Crippen LogP contribution in [0.3, 0.4) is 0 Å². The Hall–Kier alpha value is -3.33. The molecular formula is C24H33FN6O2. The third-order valence-corrected chi connectivity index (χ3v) is 5.40. The van der Waals surface area contributed by atoms with Crippen molar-refractivity contribution in [1.82, 2.24) is 19.7 Å².